The minimum Gasteiger partial charge on any atom is -0.371 e. The second-order valence-corrected chi connectivity index (χ2v) is 3.78. The van der Waals surface area contributed by atoms with Gasteiger partial charge in [0.15, 0.2) is 5.82 Å². The molecule has 0 fully saturated rings. The lowest BCUT2D eigenvalue weighted by molar-refractivity contribution is 0.0683. The Morgan fingerprint density at radius 1 is 1.57 bits per heavy atom. The maximum absolute atomic E-state index is 5.81. The molecule has 80 valence electrons. The summed E-state index contributed by atoms with van der Waals surface area (Å²) in [4.78, 5) is 4.17. The molecular formula is C9H17N3O2. The van der Waals surface area contributed by atoms with Gasteiger partial charge in [-0.1, -0.05) is 5.16 Å². The van der Waals surface area contributed by atoms with E-state index in [-0.39, 0.29) is 6.10 Å². The van der Waals surface area contributed by atoms with Gasteiger partial charge in [0.1, 0.15) is 6.10 Å². The number of hydrogen-bond acceptors (Lipinski definition) is 5. The van der Waals surface area contributed by atoms with Crippen LogP contribution in [0.5, 0.6) is 0 Å². The Labute approximate surface area is 83.6 Å². The van der Waals surface area contributed by atoms with Crippen molar-refractivity contribution >= 4 is 0 Å². The summed E-state index contributed by atoms with van der Waals surface area (Å²) >= 11 is 0. The first-order chi connectivity index (χ1) is 6.45. The number of ether oxygens (including phenoxy) is 1. The van der Waals surface area contributed by atoms with Crippen molar-refractivity contribution in [3.8, 4) is 0 Å². The van der Waals surface area contributed by atoms with E-state index >= 15 is 0 Å². The Hall–Kier alpha value is -0.940. The lowest BCUT2D eigenvalue weighted by atomic mass is 10.1. The van der Waals surface area contributed by atoms with E-state index < -0.39 is 5.54 Å². The summed E-state index contributed by atoms with van der Waals surface area (Å²) in [5.41, 5.74) is 5.21. The first kappa shape index (κ1) is 11.1. The highest BCUT2D eigenvalue weighted by Crippen LogP contribution is 2.18. The predicted molar refractivity (Wildman–Crippen MR) is 51.6 cm³/mol. The summed E-state index contributed by atoms with van der Waals surface area (Å²) in [6, 6.07) is 0. The van der Waals surface area contributed by atoms with Gasteiger partial charge in [0.25, 0.3) is 0 Å². The van der Waals surface area contributed by atoms with Crippen LogP contribution in [0.25, 0.3) is 0 Å². The third-order valence-electron chi connectivity index (χ3n) is 1.77. The Balaban J connectivity index is 2.78. The van der Waals surface area contributed by atoms with E-state index in [1.807, 2.05) is 27.7 Å². The van der Waals surface area contributed by atoms with Crippen molar-refractivity contribution in [2.75, 3.05) is 6.61 Å². The Bertz CT molecular complexity index is 290. The molecular weight excluding hydrogens is 182 g/mol. The third-order valence-corrected chi connectivity index (χ3v) is 1.77. The van der Waals surface area contributed by atoms with Gasteiger partial charge in [0, 0.05) is 6.61 Å². The van der Waals surface area contributed by atoms with Crippen molar-refractivity contribution in [2.24, 2.45) is 5.73 Å². The van der Waals surface area contributed by atoms with E-state index in [0.717, 1.165) is 0 Å². The topological polar surface area (TPSA) is 74.2 Å². The molecule has 14 heavy (non-hydrogen) atoms. The molecule has 1 unspecified atom stereocenters. The molecule has 1 atom stereocenters. The van der Waals surface area contributed by atoms with E-state index in [1.54, 1.807) is 0 Å². The first-order valence-corrected chi connectivity index (χ1v) is 4.69. The van der Waals surface area contributed by atoms with Crippen LogP contribution in [0.4, 0.5) is 0 Å². The summed E-state index contributed by atoms with van der Waals surface area (Å²) in [6.45, 7) is 8.05. The van der Waals surface area contributed by atoms with Crippen LogP contribution in [-0.4, -0.2) is 16.7 Å². The number of nitrogens with zero attached hydrogens (tertiary/aromatic N) is 2. The molecule has 0 aliphatic heterocycles. The molecule has 5 heteroatoms. The second-order valence-electron chi connectivity index (χ2n) is 3.78. The van der Waals surface area contributed by atoms with E-state index in [9.17, 15) is 0 Å². The van der Waals surface area contributed by atoms with Crippen molar-refractivity contribution in [1.82, 2.24) is 10.1 Å². The second kappa shape index (κ2) is 4.06. The number of rotatable bonds is 4. The summed E-state index contributed by atoms with van der Waals surface area (Å²) in [7, 11) is 0. The maximum Gasteiger partial charge on any atom is 0.246 e. The first-order valence-electron chi connectivity index (χ1n) is 4.69. The van der Waals surface area contributed by atoms with E-state index in [4.69, 9.17) is 15.0 Å². The van der Waals surface area contributed by atoms with Crippen molar-refractivity contribution in [1.29, 1.82) is 0 Å². The fraction of sp³-hybridized carbons (Fsp3) is 0.778. The summed E-state index contributed by atoms with van der Waals surface area (Å²) in [6.07, 6.45) is -0.153. The normalized spacial score (nSPS) is 14.4. The highest BCUT2D eigenvalue weighted by atomic mass is 16.5. The van der Waals surface area contributed by atoms with Gasteiger partial charge in [-0.15, -0.1) is 0 Å². The van der Waals surface area contributed by atoms with Crippen molar-refractivity contribution < 1.29 is 9.26 Å². The molecule has 0 bridgehead atoms. The van der Waals surface area contributed by atoms with E-state index in [0.29, 0.717) is 18.3 Å². The smallest absolute Gasteiger partial charge is 0.246 e. The molecule has 1 aromatic rings. The van der Waals surface area contributed by atoms with Crippen molar-refractivity contribution in [3.63, 3.8) is 0 Å². The summed E-state index contributed by atoms with van der Waals surface area (Å²) < 4.78 is 10.4. The summed E-state index contributed by atoms with van der Waals surface area (Å²) in [5, 5.41) is 3.81. The number of hydrogen-bond donors (Lipinski definition) is 1. The molecule has 1 aromatic heterocycles. The van der Waals surface area contributed by atoms with Gasteiger partial charge in [0.2, 0.25) is 5.89 Å². The number of aromatic nitrogens is 2. The fourth-order valence-electron chi connectivity index (χ4n) is 0.986. The SMILES string of the molecule is CCOC(C)c1noc(C(C)(C)N)n1. The molecule has 0 amide bonds. The van der Waals surface area contributed by atoms with Crippen LogP contribution < -0.4 is 5.73 Å². The zero-order chi connectivity index (χ0) is 10.8. The molecule has 0 saturated carbocycles. The number of nitrogens with two attached hydrogens (primary N) is 1. The molecule has 0 spiro atoms. The van der Waals surface area contributed by atoms with E-state index in [1.165, 1.54) is 0 Å². The molecule has 1 heterocycles. The maximum atomic E-state index is 5.81. The van der Waals surface area contributed by atoms with Crippen LogP contribution in [-0.2, 0) is 10.3 Å². The van der Waals surface area contributed by atoms with Gasteiger partial charge in [0.05, 0.1) is 5.54 Å². The molecule has 0 radical (unpaired) electrons. The van der Waals surface area contributed by atoms with Gasteiger partial charge >= 0.3 is 0 Å². The van der Waals surface area contributed by atoms with E-state index in [2.05, 4.69) is 10.1 Å². The van der Waals surface area contributed by atoms with Gasteiger partial charge < -0.3 is 15.0 Å². The van der Waals surface area contributed by atoms with Gasteiger partial charge in [-0.2, -0.15) is 4.98 Å². The van der Waals surface area contributed by atoms with Crippen LogP contribution in [0.3, 0.4) is 0 Å². The van der Waals surface area contributed by atoms with Crippen LogP contribution in [0.2, 0.25) is 0 Å². The van der Waals surface area contributed by atoms with Crippen LogP contribution in [0, 0.1) is 0 Å². The zero-order valence-electron chi connectivity index (χ0n) is 9.07. The molecule has 0 aliphatic carbocycles. The average Bonchev–Trinajstić information content (AvgIpc) is 2.51. The average molecular weight is 199 g/mol. The van der Waals surface area contributed by atoms with Crippen LogP contribution in [0.15, 0.2) is 4.52 Å². The van der Waals surface area contributed by atoms with Crippen molar-refractivity contribution in [3.05, 3.63) is 11.7 Å². The highest BCUT2D eigenvalue weighted by molar-refractivity contribution is 4.98. The molecule has 0 aliphatic rings. The molecule has 1 rings (SSSR count). The third kappa shape index (κ3) is 2.52. The minimum absolute atomic E-state index is 0.153. The quantitative estimate of drug-likeness (QED) is 0.792. The lowest BCUT2D eigenvalue weighted by Gasteiger charge is -2.11. The van der Waals surface area contributed by atoms with Crippen LogP contribution in [0.1, 0.15) is 45.5 Å². The highest BCUT2D eigenvalue weighted by Gasteiger charge is 2.24. The van der Waals surface area contributed by atoms with Gasteiger partial charge in [-0.25, -0.2) is 0 Å². The fourth-order valence-corrected chi connectivity index (χ4v) is 0.986. The van der Waals surface area contributed by atoms with Gasteiger partial charge in [-0.3, -0.25) is 0 Å². The van der Waals surface area contributed by atoms with Crippen LogP contribution >= 0.6 is 0 Å². The lowest BCUT2D eigenvalue weighted by Crippen LogP contribution is -2.29. The molecule has 0 aromatic carbocycles. The standard InChI is InChI=1S/C9H17N3O2/c1-5-13-6(2)7-11-8(14-12-7)9(3,4)10/h6H,5,10H2,1-4H3. The Morgan fingerprint density at radius 3 is 2.64 bits per heavy atom. The predicted octanol–water partition coefficient (Wildman–Crippen LogP) is 1.36. The minimum atomic E-state index is -0.600. The Morgan fingerprint density at radius 2 is 2.21 bits per heavy atom. The van der Waals surface area contributed by atoms with Crippen molar-refractivity contribution in [2.45, 2.75) is 39.3 Å². The molecule has 2 N–H and O–H groups in total. The summed E-state index contributed by atoms with van der Waals surface area (Å²) in [5.74, 6) is 0.972. The van der Waals surface area contributed by atoms with Gasteiger partial charge in [-0.05, 0) is 27.7 Å². The zero-order valence-corrected chi connectivity index (χ0v) is 9.07. The largest absolute Gasteiger partial charge is 0.371 e. The Kier molecular flexibility index (Phi) is 3.23. The molecule has 5 nitrogen and oxygen atoms in total. The molecule has 0 saturated heterocycles. The monoisotopic (exact) mass is 199 g/mol.